The van der Waals surface area contributed by atoms with Crippen LogP contribution in [0.25, 0.3) is 0 Å². The van der Waals surface area contributed by atoms with Crippen molar-refractivity contribution in [3.8, 4) is 0 Å². The van der Waals surface area contributed by atoms with E-state index in [-0.39, 0.29) is 5.97 Å². The lowest BCUT2D eigenvalue weighted by Crippen LogP contribution is -2.37. The molecule has 2 rings (SSSR count). The lowest BCUT2D eigenvalue weighted by molar-refractivity contribution is -0.156. The summed E-state index contributed by atoms with van der Waals surface area (Å²) in [5.41, 5.74) is 4.07. The summed E-state index contributed by atoms with van der Waals surface area (Å²) >= 11 is 0. The van der Waals surface area contributed by atoms with Crippen LogP contribution in [0.2, 0.25) is 0 Å². The first-order valence-corrected chi connectivity index (χ1v) is 6.77. The molecular weight excluding hydrogens is 236 g/mol. The number of carbonyl (C=O) groups is 1. The highest BCUT2D eigenvalue weighted by Crippen LogP contribution is 2.36. The van der Waals surface area contributed by atoms with Crippen molar-refractivity contribution in [2.75, 3.05) is 0 Å². The maximum absolute atomic E-state index is 11.7. The fourth-order valence-corrected chi connectivity index (χ4v) is 2.65. The molecule has 0 radical (unpaired) electrons. The first kappa shape index (κ1) is 13.9. The molecule has 0 aromatic heterocycles. The molecule has 1 aliphatic carbocycles. The number of esters is 1. The molecule has 0 N–H and O–H groups in total. The van der Waals surface area contributed by atoms with Gasteiger partial charge in [-0.2, -0.15) is 0 Å². The Kier molecular flexibility index (Phi) is 3.53. The Morgan fingerprint density at radius 3 is 2.58 bits per heavy atom. The van der Waals surface area contributed by atoms with Crippen LogP contribution in [0.4, 0.5) is 0 Å². The van der Waals surface area contributed by atoms with Crippen LogP contribution in [-0.2, 0) is 22.4 Å². The van der Waals surface area contributed by atoms with Gasteiger partial charge in [0.2, 0.25) is 0 Å². The minimum Gasteiger partial charge on any atom is -0.456 e. The summed E-state index contributed by atoms with van der Waals surface area (Å²) in [6.45, 7) is 11.4. The van der Waals surface area contributed by atoms with Crippen LogP contribution >= 0.6 is 0 Å². The van der Waals surface area contributed by atoms with E-state index in [0.717, 1.165) is 12.8 Å². The molecular formula is C17H22O2. The summed E-state index contributed by atoms with van der Waals surface area (Å²) in [5, 5.41) is 0. The number of carbonyl (C=O) groups excluding carboxylic acids is 1. The Labute approximate surface area is 115 Å². The predicted molar refractivity (Wildman–Crippen MR) is 77.1 cm³/mol. The van der Waals surface area contributed by atoms with Gasteiger partial charge in [0.25, 0.3) is 0 Å². The van der Waals surface area contributed by atoms with E-state index < -0.39 is 5.60 Å². The first-order valence-electron chi connectivity index (χ1n) is 6.77. The third kappa shape index (κ3) is 2.89. The van der Waals surface area contributed by atoms with Crippen molar-refractivity contribution in [2.45, 2.75) is 46.1 Å². The second-order valence-corrected chi connectivity index (χ2v) is 6.15. The van der Waals surface area contributed by atoms with Gasteiger partial charge in [-0.3, -0.25) is 0 Å². The molecule has 1 aromatic carbocycles. The van der Waals surface area contributed by atoms with Crippen LogP contribution in [0.3, 0.4) is 0 Å². The summed E-state index contributed by atoms with van der Waals surface area (Å²) in [4.78, 5) is 11.7. The molecule has 1 aromatic rings. The van der Waals surface area contributed by atoms with Crippen molar-refractivity contribution in [2.24, 2.45) is 5.92 Å². The maximum Gasteiger partial charge on any atom is 0.333 e. The highest BCUT2D eigenvalue weighted by atomic mass is 16.6. The highest BCUT2D eigenvalue weighted by Gasteiger charge is 2.37. The molecule has 0 aliphatic heterocycles. The fraction of sp³-hybridized carbons (Fsp3) is 0.471. The van der Waals surface area contributed by atoms with Gasteiger partial charge in [0.15, 0.2) is 0 Å². The standard InChI is InChI=1S/C17H22O2/c1-11(2)16(18)19-17(4,5)15-9-13-7-6-12(3)8-14(13)10-15/h6-8,15H,1,9-10H2,2-5H3. The predicted octanol–water partition coefficient (Wildman–Crippen LogP) is 3.61. The van der Waals surface area contributed by atoms with Crippen LogP contribution in [-0.4, -0.2) is 11.6 Å². The van der Waals surface area contributed by atoms with E-state index in [1.807, 2.05) is 13.8 Å². The summed E-state index contributed by atoms with van der Waals surface area (Å²) < 4.78 is 5.61. The van der Waals surface area contributed by atoms with E-state index in [4.69, 9.17) is 4.74 Å². The van der Waals surface area contributed by atoms with Gasteiger partial charge in [-0.15, -0.1) is 0 Å². The molecule has 1 atom stereocenters. The molecule has 0 spiro atoms. The number of fused-ring (bicyclic) bond motifs is 1. The maximum atomic E-state index is 11.7. The van der Waals surface area contributed by atoms with Crippen molar-refractivity contribution in [1.82, 2.24) is 0 Å². The molecule has 0 bridgehead atoms. The van der Waals surface area contributed by atoms with Gasteiger partial charge in [0, 0.05) is 11.5 Å². The molecule has 0 fully saturated rings. The Morgan fingerprint density at radius 1 is 1.32 bits per heavy atom. The molecule has 0 saturated heterocycles. The van der Waals surface area contributed by atoms with Crippen molar-refractivity contribution in [3.63, 3.8) is 0 Å². The van der Waals surface area contributed by atoms with Gasteiger partial charge in [-0.05, 0) is 51.7 Å². The van der Waals surface area contributed by atoms with E-state index in [9.17, 15) is 4.79 Å². The first-order chi connectivity index (χ1) is 8.79. The van der Waals surface area contributed by atoms with Crippen LogP contribution in [0.1, 0.15) is 37.5 Å². The Hall–Kier alpha value is -1.57. The minimum atomic E-state index is -0.455. The van der Waals surface area contributed by atoms with Crippen molar-refractivity contribution in [3.05, 3.63) is 47.0 Å². The Balaban J connectivity index is 2.13. The zero-order chi connectivity index (χ0) is 14.2. The van der Waals surface area contributed by atoms with Crippen LogP contribution in [0, 0.1) is 12.8 Å². The quantitative estimate of drug-likeness (QED) is 0.611. The molecule has 1 aliphatic rings. The fourth-order valence-electron chi connectivity index (χ4n) is 2.65. The number of aryl methyl sites for hydroxylation is 1. The van der Waals surface area contributed by atoms with Gasteiger partial charge in [0.05, 0.1) is 0 Å². The lowest BCUT2D eigenvalue weighted by atomic mass is 9.88. The number of ether oxygens (including phenoxy) is 1. The minimum absolute atomic E-state index is 0.294. The SMILES string of the molecule is C=C(C)C(=O)OC(C)(C)C1Cc2ccc(C)cc2C1. The zero-order valence-electron chi connectivity index (χ0n) is 12.2. The zero-order valence-corrected chi connectivity index (χ0v) is 12.2. The number of benzene rings is 1. The van der Waals surface area contributed by atoms with Crippen LogP contribution < -0.4 is 0 Å². The molecule has 2 nitrogen and oxygen atoms in total. The van der Waals surface area contributed by atoms with Gasteiger partial charge < -0.3 is 4.74 Å². The summed E-state index contributed by atoms with van der Waals surface area (Å²) in [7, 11) is 0. The Morgan fingerprint density at radius 2 is 1.95 bits per heavy atom. The third-order valence-electron chi connectivity index (χ3n) is 3.98. The topological polar surface area (TPSA) is 26.3 Å². The smallest absolute Gasteiger partial charge is 0.333 e. The van der Waals surface area contributed by atoms with E-state index in [0.29, 0.717) is 11.5 Å². The molecule has 0 amide bonds. The molecule has 19 heavy (non-hydrogen) atoms. The normalized spacial score (nSPS) is 18.0. The second-order valence-electron chi connectivity index (χ2n) is 6.15. The van der Waals surface area contributed by atoms with E-state index in [1.165, 1.54) is 16.7 Å². The molecule has 2 heteroatoms. The van der Waals surface area contributed by atoms with Gasteiger partial charge in [-0.1, -0.05) is 30.3 Å². The molecule has 0 saturated carbocycles. The largest absolute Gasteiger partial charge is 0.456 e. The van der Waals surface area contributed by atoms with E-state index >= 15 is 0 Å². The van der Waals surface area contributed by atoms with Crippen molar-refractivity contribution >= 4 is 5.97 Å². The number of rotatable bonds is 3. The molecule has 0 heterocycles. The summed E-state index contributed by atoms with van der Waals surface area (Å²) in [6.07, 6.45) is 1.96. The van der Waals surface area contributed by atoms with E-state index in [1.54, 1.807) is 6.92 Å². The number of hydrogen-bond donors (Lipinski definition) is 0. The Bertz CT molecular complexity index is 526. The average Bonchev–Trinajstić information content (AvgIpc) is 2.71. The van der Waals surface area contributed by atoms with Crippen molar-refractivity contribution in [1.29, 1.82) is 0 Å². The summed E-state index contributed by atoms with van der Waals surface area (Å²) in [5.74, 6) is 0.0461. The molecule has 1 unspecified atom stereocenters. The van der Waals surface area contributed by atoms with Gasteiger partial charge in [0.1, 0.15) is 5.60 Å². The highest BCUT2D eigenvalue weighted by molar-refractivity contribution is 5.87. The number of hydrogen-bond acceptors (Lipinski definition) is 2. The molecule has 102 valence electrons. The summed E-state index contributed by atoms with van der Waals surface area (Å²) in [6, 6.07) is 6.58. The second kappa shape index (κ2) is 4.84. The monoisotopic (exact) mass is 258 g/mol. The van der Waals surface area contributed by atoms with Gasteiger partial charge in [-0.25, -0.2) is 4.79 Å². The lowest BCUT2D eigenvalue weighted by Gasteiger charge is -2.31. The third-order valence-corrected chi connectivity index (χ3v) is 3.98. The van der Waals surface area contributed by atoms with E-state index in [2.05, 4.69) is 31.7 Å². The van der Waals surface area contributed by atoms with Crippen molar-refractivity contribution < 1.29 is 9.53 Å². The van der Waals surface area contributed by atoms with Gasteiger partial charge >= 0.3 is 5.97 Å². The van der Waals surface area contributed by atoms with Crippen LogP contribution in [0.15, 0.2) is 30.4 Å². The average molecular weight is 258 g/mol. The van der Waals surface area contributed by atoms with Crippen LogP contribution in [0.5, 0.6) is 0 Å².